The minimum atomic E-state index is -0.0244. The number of fused-ring (bicyclic) bond motifs is 2. The van der Waals surface area contributed by atoms with Crippen molar-refractivity contribution >= 4 is 34.0 Å². The normalized spacial score (nSPS) is 18.7. The highest BCUT2D eigenvalue weighted by Crippen LogP contribution is 2.46. The molecule has 0 saturated heterocycles. The number of hydrogen-bond acceptors (Lipinski definition) is 4. The monoisotopic (exact) mass is 388 g/mol. The third kappa shape index (κ3) is 3.03. The molecule has 3 aromatic rings. The van der Waals surface area contributed by atoms with Crippen molar-refractivity contribution in [2.24, 2.45) is 5.92 Å². The largest absolute Gasteiger partial charge is 0.481 e. The van der Waals surface area contributed by atoms with Crippen LogP contribution >= 0.6 is 0 Å². The lowest BCUT2D eigenvalue weighted by Crippen LogP contribution is -2.35. The molecule has 0 radical (unpaired) electrons. The lowest BCUT2D eigenvalue weighted by Gasteiger charge is -2.26. The SMILES string of the molecule is CN1C(=O)COc2cc(Nc3cc4c(cc3C3CC3)ncn4CC3CC3)ccc21. The van der Waals surface area contributed by atoms with Crippen LogP contribution in [0.5, 0.6) is 5.75 Å². The molecule has 6 rings (SSSR count). The van der Waals surface area contributed by atoms with Gasteiger partial charge in [0, 0.05) is 31.0 Å². The van der Waals surface area contributed by atoms with Crippen molar-refractivity contribution in [3.05, 3.63) is 42.2 Å². The Kier molecular flexibility index (Phi) is 3.63. The predicted molar refractivity (Wildman–Crippen MR) is 113 cm³/mol. The molecule has 0 unspecified atom stereocenters. The minimum Gasteiger partial charge on any atom is -0.481 e. The van der Waals surface area contributed by atoms with Crippen LogP contribution < -0.4 is 15.0 Å². The van der Waals surface area contributed by atoms with Crippen molar-refractivity contribution in [3.63, 3.8) is 0 Å². The first kappa shape index (κ1) is 16.9. The predicted octanol–water partition coefficient (Wildman–Crippen LogP) is 4.42. The molecule has 2 heterocycles. The zero-order valence-corrected chi connectivity index (χ0v) is 16.5. The molecule has 29 heavy (non-hydrogen) atoms. The maximum atomic E-state index is 11.8. The number of benzene rings is 2. The van der Waals surface area contributed by atoms with E-state index in [1.165, 1.54) is 36.8 Å². The Labute approximate surface area is 169 Å². The van der Waals surface area contributed by atoms with E-state index in [-0.39, 0.29) is 12.5 Å². The van der Waals surface area contributed by atoms with Crippen LogP contribution in [0.1, 0.15) is 37.2 Å². The second-order valence-electron chi connectivity index (χ2n) is 8.59. The van der Waals surface area contributed by atoms with Gasteiger partial charge in [0.1, 0.15) is 5.75 Å². The van der Waals surface area contributed by atoms with Gasteiger partial charge in [-0.1, -0.05) is 0 Å². The van der Waals surface area contributed by atoms with Gasteiger partial charge in [-0.05, 0) is 67.3 Å². The van der Waals surface area contributed by atoms with Crippen molar-refractivity contribution in [3.8, 4) is 5.75 Å². The van der Waals surface area contributed by atoms with Crippen molar-refractivity contribution in [1.82, 2.24) is 9.55 Å². The average Bonchev–Trinajstić information content (AvgIpc) is 3.64. The summed E-state index contributed by atoms with van der Waals surface area (Å²) in [5, 5.41) is 3.62. The van der Waals surface area contributed by atoms with E-state index in [1.807, 2.05) is 24.5 Å². The Balaban J connectivity index is 1.37. The Morgan fingerprint density at radius 1 is 1.17 bits per heavy atom. The number of rotatable bonds is 5. The number of anilines is 3. The topological polar surface area (TPSA) is 59.4 Å². The van der Waals surface area contributed by atoms with E-state index in [1.54, 1.807) is 11.9 Å². The first-order valence-corrected chi connectivity index (χ1v) is 10.4. The van der Waals surface area contributed by atoms with Crippen LogP contribution in [0.25, 0.3) is 11.0 Å². The number of ether oxygens (including phenoxy) is 1. The number of nitrogens with zero attached hydrogens (tertiary/aromatic N) is 3. The van der Waals surface area contributed by atoms with Crippen LogP contribution in [0.2, 0.25) is 0 Å². The van der Waals surface area contributed by atoms with Gasteiger partial charge in [-0.25, -0.2) is 4.98 Å². The molecule has 1 amide bonds. The third-order valence-corrected chi connectivity index (χ3v) is 6.29. The second kappa shape index (κ2) is 6.24. The van der Waals surface area contributed by atoms with Crippen LogP contribution in [0.3, 0.4) is 0 Å². The van der Waals surface area contributed by atoms with Gasteiger partial charge in [-0.15, -0.1) is 0 Å². The third-order valence-electron chi connectivity index (χ3n) is 6.29. The molecule has 1 N–H and O–H groups in total. The van der Waals surface area contributed by atoms with E-state index in [2.05, 4.69) is 27.0 Å². The Morgan fingerprint density at radius 2 is 2.03 bits per heavy atom. The molecule has 6 heteroatoms. The van der Waals surface area contributed by atoms with E-state index in [9.17, 15) is 4.79 Å². The molecule has 3 aliphatic rings. The highest BCUT2D eigenvalue weighted by Gasteiger charge is 2.28. The summed E-state index contributed by atoms with van der Waals surface area (Å²) >= 11 is 0. The Bertz CT molecular complexity index is 1130. The minimum absolute atomic E-state index is 0.0244. The van der Waals surface area contributed by atoms with E-state index in [0.717, 1.165) is 40.8 Å². The molecule has 1 aliphatic heterocycles. The number of carbonyl (C=O) groups is 1. The van der Waals surface area contributed by atoms with Gasteiger partial charge in [0.2, 0.25) is 0 Å². The fourth-order valence-corrected chi connectivity index (χ4v) is 4.20. The quantitative estimate of drug-likeness (QED) is 0.703. The Hall–Kier alpha value is -3.02. The number of hydrogen-bond donors (Lipinski definition) is 1. The Morgan fingerprint density at radius 3 is 2.83 bits per heavy atom. The van der Waals surface area contributed by atoms with Crippen molar-refractivity contribution in [1.29, 1.82) is 0 Å². The molecule has 148 valence electrons. The van der Waals surface area contributed by atoms with Gasteiger partial charge in [-0.2, -0.15) is 0 Å². The molecule has 1 aromatic heterocycles. The molecule has 0 spiro atoms. The molecule has 0 bridgehead atoms. The maximum Gasteiger partial charge on any atom is 0.264 e. The van der Waals surface area contributed by atoms with Crippen molar-refractivity contribution < 1.29 is 9.53 Å². The van der Waals surface area contributed by atoms with Crippen LogP contribution in [0.15, 0.2) is 36.7 Å². The molecular formula is C23H24N4O2. The van der Waals surface area contributed by atoms with Crippen molar-refractivity contribution in [2.45, 2.75) is 38.1 Å². The van der Waals surface area contributed by atoms with E-state index in [0.29, 0.717) is 5.92 Å². The maximum absolute atomic E-state index is 11.8. The van der Waals surface area contributed by atoms with E-state index < -0.39 is 0 Å². The summed E-state index contributed by atoms with van der Waals surface area (Å²) in [5.74, 6) is 2.14. The van der Waals surface area contributed by atoms with E-state index in [4.69, 9.17) is 4.74 Å². The van der Waals surface area contributed by atoms with Gasteiger partial charge in [-0.3, -0.25) is 4.79 Å². The fourth-order valence-electron chi connectivity index (χ4n) is 4.20. The summed E-state index contributed by atoms with van der Waals surface area (Å²) in [5.41, 5.74) is 6.57. The smallest absolute Gasteiger partial charge is 0.264 e. The molecule has 2 aliphatic carbocycles. The van der Waals surface area contributed by atoms with Crippen LogP contribution in [-0.2, 0) is 11.3 Å². The van der Waals surface area contributed by atoms with Gasteiger partial charge in [0.05, 0.1) is 23.0 Å². The number of amides is 1. The first-order chi connectivity index (χ1) is 14.2. The number of carbonyl (C=O) groups excluding carboxylic acids is 1. The van der Waals surface area contributed by atoms with E-state index >= 15 is 0 Å². The van der Waals surface area contributed by atoms with Gasteiger partial charge in [0.15, 0.2) is 6.61 Å². The zero-order chi connectivity index (χ0) is 19.5. The number of aromatic nitrogens is 2. The van der Waals surface area contributed by atoms with Gasteiger partial charge < -0.3 is 19.5 Å². The molecular weight excluding hydrogens is 364 g/mol. The first-order valence-electron chi connectivity index (χ1n) is 10.4. The summed E-state index contributed by atoms with van der Waals surface area (Å²) < 4.78 is 7.95. The summed E-state index contributed by atoms with van der Waals surface area (Å²) in [6.07, 6.45) is 7.13. The van der Waals surface area contributed by atoms with Gasteiger partial charge >= 0.3 is 0 Å². The summed E-state index contributed by atoms with van der Waals surface area (Å²) in [6, 6.07) is 10.5. The summed E-state index contributed by atoms with van der Waals surface area (Å²) in [6.45, 7) is 1.15. The molecule has 2 fully saturated rings. The zero-order valence-electron chi connectivity index (χ0n) is 16.5. The summed E-state index contributed by atoms with van der Waals surface area (Å²) in [4.78, 5) is 18.2. The number of imidazole rings is 1. The highest BCUT2D eigenvalue weighted by molar-refractivity contribution is 5.97. The van der Waals surface area contributed by atoms with Crippen LogP contribution in [-0.4, -0.2) is 29.1 Å². The lowest BCUT2D eigenvalue weighted by molar-refractivity contribution is -0.120. The average molecular weight is 388 g/mol. The molecule has 0 atom stereocenters. The summed E-state index contributed by atoms with van der Waals surface area (Å²) in [7, 11) is 1.79. The van der Waals surface area contributed by atoms with Crippen LogP contribution in [0.4, 0.5) is 17.1 Å². The lowest BCUT2D eigenvalue weighted by atomic mass is 10.1. The molecule has 2 aromatic carbocycles. The van der Waals surface area contributed by atoms with Crippen LogP contribution in [0, 0.1) is 5.92 Å². The fraction of sp³-hybridized carbons (Fsp3) is 0.391. The molecule has 2 saturated carbocycles. The highest BCUT2D eigenvalue weighted by atomic mass is 16.5. The van der Waals surface area contributed by atoms with Crippen molar-refractivity contribution in [2.75, 3.05) is 23.9 Å². The standard InChI is InChI=1S/C23H24N4O2/c1-26-20-7-6-16(8-22(20)29-12-23(26)28)25-18-10-21-19(9-17(18)15-4-5-15)24-13-27(21)11-14-2-3-14/h6-10,13-15,25H,2-5,11-12H2,1H3. The van der Waals surface area contributed by atoms with Gasteiger partial charge in [0.25, 0.3) is 5.91 Å². The molecule has 6 nitrogen and oxygen atoms in total. The second-order valence-corrected chi connectivity index (χ2v) is 8.59. The number of nitrogens with one attached hydrogen (secondary N) is 1. The number of likely N-dealkylation sites (N-methyl/N-ethyl adjacent to an activating group) is 1.